The van der Waals surface area contributed by atoms with Crippen LogP contribution in [0.4, 0.5) is 8.78 Å². The molecule has 0 amide bonds. The number of hydrogen-bond donors (Lipinski definition) is 1. The topological polar surface area (TPSA) is 55.8 Å². The van der Waals surface area contributed by atoms with E-state index >= 15 is 8.78 Å². The molecular weight excluding hydrogens is 378 g/mol. The van der Waals surface area contributed by atoms with E-state index in [1.807, 2.05) is 0 Å². The van der Waals surface area contributed by atoms with Gasteiger partial charge in [-0.1, -0.05) is 27.2 Å². The monoisotopic (exact) mass is 412 g/mol. The van der Waals surface area contributed by atoms with Gasteiger partial charge in [0.05, 0.1) is 18.3 Å². The van der Waals surface area contributed by atoms with Gasteiger partial charge in [0.1, 0.15) is 17.6 Å². The average molecular weight is 413 g/mol. The highest BCUT2D eigenvalue weighted by atomic mass is 19.1. The van der Waals surface area contributed by atoms with Gasteiger partial charge in [0, 0.05) is 35.5 Å². The highest BCUT2D eigenvalue weighted by Crippen LogP contribution is 2.70. The molecule has 5 rings (SSSR count). The molecule has 4 nitrogen and oxygen atoms in total. The molecule has 5 aliphatic rings. The molecule has 11 atom stereocenters. The predicted octanol–water partition coefficient (Wildman–Crippen LogP) is 4.13. The van der Waals surface area contributed by atoms with Gasteiger partial charge in [-0.15, -0.1) is 0 Å². The van der Waals surface area contributed by atoms with Gasteiger partial charge in [-0.05, 0) is 38.0 Å². The highest BCUT2D eigenvalue weighted by Gasteiger charge is 2.75. The van der Waals surface area contributed by atoms with Crippen molar-refractivity contribution in [2.45, 2.75) is 109 Å². The molecule has 0 aromatic heterocycles. The van der Waals surface area contributed by atoms with Crippen molar-refractivity contribution >= 4 is 5.78 Å². The van der Waals surface area contributed by atoms with Crippen LogP contribution < -0.4 is 0 Å². The largest absolute Gasteiger partial charge is 0.390 e. The van der Waals surface area contributed by atoms with E-state index in [0.717, 1.165) is 12.8 Å². The van der Waals surface area contributed by atoms with Crippen LogP contribution in [0.15, 0.2) is 0 Å². The Morgan fingerprint density at radius 3 is 2.66 bits per heavy atom. The number of hydrogen-bond acceptors (Lipinski definition) is 4. The number of halogens is 2. The first-order valence-corrected chi connectivity index (χ1v) is 11.5. The fourth-order valence-electron chi connectivity index (χ4n) is 8.11. The van der Waals surface area contributed by atoms with Gasteiger partial charge in [0.25, 0.3) is 0 Å². The van der Waals surface area contributed by atoms with E-state index in [1.54, 1.807) is 6.92 Å². The van der Waals surface area contributed by atoms with E-state index in [-0.39, 0.29) is 49.5 Å². The molecule has 0 aromatic carbocycles. The lowest BCUT2D eigenvalue weighted by Gasteiger charge is -2.65. The van der Waals surface area contributed by atoms with Crippen LogP contribution in [0.5, 0.6) is 0 Å². The maximum atomic E-state index is 17.0. The molecule has 164 valence electrons. The zero-order chi connectivity index (χ0) is 20.8. The van der Waals surface area contributed by atoms with E-state index in [4.69, 9.17) is 9.47 Å². The lowest BCUT2D eigenvalue weighted by molar-refractivity contribution is -0.262. The minimum Gasteiger partial charge on any atom is -0.390 e. The third-order valence-electron chi connectivity index (χ3n) is 9.59. The first-order chi connectivity index (χ1) is 13.6. The summed E-state index contributed by atoms with van der Waals surface area (Å²) in [6.07, 6.45) is 0.667. The van der Waals surface area contributed by atoms with Gasteiger partial charge in [-0.3, -0.25) is 4.79 Å². The van der Waals surface area contributed by atoms with Crippen LogP contribution >= 0.6 is 0 Å². The molecule has 1 N–H and O–H groups in total. The summed E-state index contributed by atoms with van der Waals surface area (Å²) in [5.41, 5.74) is -3.29. The normalized spacial score (nSPS) is 59.0. The molecule has 4 aliphatic carbocycles. The minimum atomic E-state index is -1.87. The van der Waals surface area contributed by atoms with Crippen LogP contribution in [0.2, 0.25) is 0 Å². The third-order valence-corrected chi connectivity index (χ3v) is 9.59. The number of rotatable bonds is 2. The van der Waals surface area contributed by atoms with Crippen LogP contribution in [0, 0.1) is 28.6 Å². The van der Waals surface area contributed by atoms with Gasteiger partial charge in [-0.25, -0.2) is 8.78 Å². The molecule has 1 aliphatic heterocycles. The van der Waals surface area contributed by atoms with E-state index in [1.165, 1.54) is 0 Å². The molecular formula is C23H34F2O4. The second-order valence-electron chi connectivity index (χ2n) is 10.9. The molecule has 4 saturated carbocycles. The Morgan fingerprint density at radius 2 is 1.93 bits per heavy atom. The van der Waals surface area contributed by atoms with Crippen molar-refractivity contribution in [3.63, 3.8) is 0 Å². The van der Waals surface area contributed by atoms with Gasteiger partial charge in [0.2, 0.25) is 0 Å². The zero-order valence-corrected chi connectivity index (χ0v) is 17.7. The van der Waals surface area contributed by atoms with Crippen LogP contribution in [-0.4, -0.2) is 47.3 Å². The summed E-state index contributed by atoms with van der Waals surface area (Å²) in [7, 11) is 0. The van der Waals surface area contributed by atoms with Crippen molar-refractivity contribution in [1.29, 1.82) is 0 Å². The maximum Gasteiger partial charge on any atom is 0.158 e. The fraction of sp³-hybridized carbons (Fsp3) is 0.957. The summed E-state index contributed by atoms with van der Waals surface area (Å²) >= 11 is 0. The van der Waals surface area contributed by atoms with Crippen LogP contribution in [0.25, 0.3) is 0 Å². The first kappa shape index (κ1) is 20.3. The van der Waals surface area contributed by atoms with E-state index in [0.29, 0.717) is 19.3 Å². The first-order valence-electron chi connectivity index (χ1n) is 11.5. The standard InChI is InChI=1S/C23H34F2O4/c1-4-5-19-28-17-10-13-14-9-16(24)15-8-12(26)6-7-22(15,3)23(14,25)18(27)11-21(13,2)20(17)29-19/h13-20,27H,4-11H2,1-3H3/t13-,14-,15?,16-,17+,18-,19?,20+,21-,22-,23?/m0/s1. The van der Waals surface area contributed by atoms with Crippen molar-refractivity contribution in [3.05, 3.63) is 0 Å². The molecule has 0 aromatic rings. The van der Waals surface area contributed by atoms with Crippen molar-refractivity contribution < 1.29 is 28.2 Å². The summed E-state index contributed by atoms with van der Waals surface area (Å²) in [6.45, 7) is 5.95. The third kappa shape index (κ3) is 2.48. The summed E-state index contributed by atoms with van der Waals surface area (Å²) < 4.78 is 44.8. The van der Waals surface area contributed by atoms with Crippen molar-refractivity contribution in [2.24, 2.45) is 28.6 Å². The Kier molecular flexibility index (Phi) is 4.53. The van der Waals surface area contributed by atoms with Crippen molar-refractivity contribution in [2.75, 3.05) is 0 Å². The lowest BCUT2D eigenvalue weighted by Crippen LogP contribution is -2.71. The Hall–Kier alpha value is -0.590. The fourth-order valence-corrected chi connectivity index (χ4v) is 8.11. The molecule has 0 spiro atoms. The molecule has 6 heteroatoms. The molecule has 0 radical (unpaired) electrons. The quantitative estimate of drug-likeness (QED) is 0.741. The Bertz CT molecular complexity index is 702. The number of ether oxygens (including phenoxy) is 2. The molecule has 1 saturated heterocycles. The van der Waals surface area contributed by atoms with E-state index in [9.17, 15) is 9.90 Å². The Balaban J connectivity index is 1.50. The van der Waals surface area contributed by atoms with Gasteiger partial charge >= 0.3 is 0 Å². The van der Waals surface area contributed by atoms with Crippen LogP contribution in [-0.2, 0) is 14.3 Å². The summed E-state index contributed by atoms with van der Waals surface area (Å²) in [5.74, 6) is -1.26. The number of fused-ring (bicyclic) bond motifs is 7. The average Bonchev–Trinajstić information content (AvgIpc) is 3.17. The van der Waals surface area contributed by atoms with Crippen LogP contribution in [0.3, 0.4) is 0 Å². The summed E-state index contributed by atoms with van der Waals surface area (Å²) in [5, 5.41) is 11.2. The van der Waals surface area contributed by atoms with Crippen molar-refractivity contribution in [3.8, 4) is 0 Å². The Labute approximate surface area is 171 Å². The molecule has 29 heavy (non-hydrogen) atoms. The number of ketones is 1. The number of aliphatic hydroxyl groups excluding tert-OH is 1. The number of aliphatic hydroxyl groups is 1. The number of alkyl halides is 2. The molecule has 1 heterocycles. The molecule has 3 unspecified atom stereocenters. The lowest BCUT2D eigenvalue weighted by atomic mass is 9.42. The Morgan fingerprint density at radius 1 is 1.17 bits per heavy atom. The van der Waals surface area contributed by atoms with Gasteiger partial charge in [0.15, 0.2) is 6.29 Å². The minimum absolute atomic E-state index is 0.0199. The summed E-state index contributed by atoms with van der Waals surface area (Å²) in [4.78, 5) is 12.0. The molecule has 0 bridgehead atoms. The number of Topliss-reactive ketones (excluding diaryl/α,β-unsaturated/α-hetero) is 1. The van der Waals surface area contributed by atoms with Gasteiger partial charge in [-0.2, -0.15) is 0 Å². The smallest absolute Gasteiger partial charge is 0.158 e. The highest BCUT2D eigenvalue weighted by molar-refractivity contribution is 5.80. The van der Waals surface area contributed by atoms with E-state index < -0.39 is 40.6 Å². The van der Waals surface area contributed by atoms with Crippen LogP contribution in [0.1, 0.15) is 72.1 Å². The second-order valence-corrected chi connectivity index (χ2v) is 10.9. The molecule has 5 fully saturated rings. The predicted molar refractivity (Wildman–Crippen MR) is 103 cm³/mol. The van der Waals surface area contributed by atoms with Crippen molar-refractivity contribution in [1.82, 2.24) is 0 Å². The SMILES string of the molecule is CCCC1O[C@@H]2[C@@H](C[C@H]3[C@@H]4C[C@H](F)C5CC(=O)CC[C@]5(C)C4(F)[C@@H](O)C[C@]23C)O1. The van der Waals surface area contributed by atoms with Gasteiger partial charge < -0.3 is 14.6 Å². The number of carbonyl (C=O) groups excluding carboxylic acids is 1. The second kappa shape index (κ2) is 6.46. The summed E-state index contributed by atoms with van der Waals surface area (Å²) in [6, 6.07) is 0. The van der Waals surface area contributed by atoms with E-state index in [2.05, 4.69) is 13.8 Å². The number of carbonyl (C=O) groups is 1. The maximum absolute atomic E-state index is 17.0. The zero-order valence-electron chi connectivity index (χ0n) is 17.7.